The van der Waals surface area contributed by atoms with Crippen LogP contribution in [0.15, 0.2) is 53.3 Å². The maximum Gasteiger partial charge on any atom is 0.347 e. The van der Waals surface area contributed by atoms with Gasteiger partial charge in [0.05, 0.1) is 6.54 Å². The third-order valence-corrected chi connectivity index (χ3v) is 5.76. The zero-order valence-corrected chi connectivity index (χ0v) is 19.9. The minimum absolute atomic E-state index is 0.0744. The lowest BCUT2D eigenvalue weighted by Crippen LogP contribution is -2.37. The predicted molar refractivity (Wildman–Crippen MR) is 128 cm³/mol. The average Bonchev–Trinajstić information content (AvgIpc) is 3.09. The zero-order chi connectivity index (χ0) is 24.0. The van der Waals surface area contributed by atoms with E-state index in [4.69, 9.17) is 4.74 Å². The Morgan fingerprint density at radius 3 is 2.15 bits per heavy atom. The van der Waals surface area contributed by atoms with E-state index >= 15 is 0 Å². The Kier molecular flexibility index (Phi) is 7.74. The van der Waals surface area contributed by atoms with Crippen LogP contribution >= 0.6 is 0 Å². The average molecular weight is 452 g/mol. The summed E-state index contributed by atoms with van der Waals surface area (Å²) in [4.78, 5) is 24.0. The molecule has 0 amide bonds. The summed E-state index contributed by atoms with van der Waals surface area (Å²) < 4.78 is 8.84. The highest BCUT2D eigenvalue weighted by molar-refractivity contribution is 5.76. The number of hydrogen-bond acceptors (Lipinski definition) is 4. The lowest BCUT2D eigenvalue weighted by molar-refractivity contribution is -0.152. The van der Waals surface area contributed by atoms with E-state index < -0.39 is 11.6 Å². The largest absolute Gasteiger partial charge is 0.478 e. The van der Waals surface area contributed by atoms with Gasteiger partial charge in [0.25, 0.3) is 0 Å². The van der Waals surface area contributed by atoms with Gasteiger partial charge in [0.15, 0.2) is 5.60 Å². The standard InChI is InChI=1S/C26H33N3O4/c1-5-19-10-12-21(13-11-19)18-29-25(32)28(6-2)23(27-29)9-7-8-20-14-16-22(17-15-20)33-26(3,4)24(30)31/h10-17H,5-9,18H2,1-4H3,(H,30,31). The highest BCUT2D eigenvalue weighted by Gasteiger charge is 2.29. The summed E-state index contributed by atoms with van der Waals surface area (Å²) >= 11 is 0. The van der Waals surface area contributed by atoms with E-state index in [0.29, 0.717) is 25.3 Å². The monoisotopic (exact) mass is 451 g/mol. The Morgan fingerprint density at radius 2 is 1.58 bits per heavy atom. The number of aryl methyl sites for hydroxylation is 3. The molecule has 0 spiro atoms. The number of aromatic nitrogens is 3. The van der Waals surface area contributed by atoms with Crippen LogP contribution in [0.25, 0.3) is 0 Å². The van der Waals surface area contributed by atoms with Crippen molar-refractivity contribution < 1.29 is 14.6 Å². The van der Waals surface area contributed by atoms with Gasteiger partial charge in [0, 0.05) is 13.0 Å². The molecule has 0 aliphatic carbocycles. The zero-order valence-electron chi connectivity index (χ0n) is 19.9. The molecule has 0 saturated heterocycles. The van der Waals surface area contributed by atoms with Crippen molar-refractivity contribution in [2.24, 2.45) is 0 Å². The van der Waals surface area contributed by atoms with E-state index in [-0.39, 0.29) is 5.69 Å². The Balaban J connectivity index is 1.61. The molecular weight excluding hydrogens is 418 g/mol. The topological polar surface area (TPSA) is 86.3 Å². The van der Waals surface area contributed by atoms with E-state index in [1.807, 2.05) is 19.1 Å². The summed E-state index contributed by atoms with van der Waals surface area (Å²) in [6.45, 7) is 8.19. The molecule has 0 saturated carbocycles. The number of carboxylic acids is 1. The van der Waals surface area contributed by atoms with Crippen molar-refractivity contribution in [2.45, 2.75) is 72.1 Å². The first-order valence-electron chi connectivity index (χ1n) is 11.5. The van der Waals surface area contributed by atoms with Crippen molar-refractivity contribution in [3.63, 3.8) is 0 Å². The molecule has 0 aliphatic rings. The summed E-state index contributed by atoms with van der Waals surface area (Å²) in [7, 11) is 0. The molecule has 1 heterocycles. The predicted octanol–water partition coefficient (Wildman–Crippen LogP) is 4.09. The first-order valence-corrected chi connectivity index (χ1v) is 11.5. The van der Waals surface area contributed by atoms with Crippen LogP contribution in [0.4, 0.5) is 0 Å². The molecule has 33 heavy (non-hydrogen) atoms. The van der Waals surface area contributed by atoms with Crippen molar-refractivity contribution >= 4 is 5.97 Å². The fourth-order valence-electron chi connectivity index (χ4n) is 3.66. The van der Waals surface area contributed by atoms with Gasteiger partial charge in [0.2, 0.25) is 0 Å². The number of carboxylic acid groups (broad SMARTS) is 1. The number of carbonyl (C=O) groups is 1. The highest BCUT2D eigenvalue weighted by Crippen LogP contribution is 2.20. The quantitative estimate of drug-likeness (QED) is 0.474. The van der Waals surface area contributed by atoms with Crippen molar-refractivity contribution in [3.8, 4) is 5.75 Å². The molecule has 1 aromatic heterocycles. The number of benzene rings is 2. The summed E-state index contributed by atoms with van der Waals surface area (Å²) in [6, 6.07) is 15.8. The van der Waals surface area contributed by atoms with Gasteiger partial charge >= 0.3 is 11.7 Å². The highest BCUT2D eigenvalue weighted by atomic mass is 16.5. The van der Waals surface area contributed by atoms with E-state index in [1.165, 1.54) is 19.4 Å². The van der Waals surface area contributed by atoms with Crippen LogP contribution in [0.2, 0.25) is 0 Å². The molecule has 176 valence electrons. The van der Waals surface area contributed by atoms with Crippen LogP contribution in [0.1, 0.15) is 56.6 Å². The lowest BCUT2D eigenvalue weighted by Gasteiger charge is -2.21. The van der Waals surface area contributed by atoms with Crippen LogP contribution in [0.5, 0.6) is 5.75 Å². The fourth-order valence-corrected chi connectivity index (χ4v) is 3.66. The third-order valence-electron chi connectivity index (χ3n) is 5.76. The van der Waals surface area contributed by atoms with Crippen LogP contribution < -0.4 is 10.4 Å². The van der Waals surface area contributed by atoms with Crippen LogP contribution in [0.3, 0.4) is 0 Å². The normalized spacial score (nSPS) is 11.5. The molecule has 0 aliphatic heterocycles. The van der Waals surface area contributed by atoms with Gasteiger partial charge < -0.3 is 9.84 Å². The van der Waals surface area contributed by atoms with Crippen molar-refractivity contribution in [3.05, 3.63) is 81.5 Å². The van der Waals surface area contributed by atoms with Crippen LogP contribution in [-0.4, -0.2) is 31.0 Å². The van der Waals surface area contributed by atoms with Gasteiger partial charge in [-0.05, 0) is 68.9 Å². The number of ether oxygens (including phenoxy) is 1. The number of aliphatic carboxylic acids is 1. The van der Waals surface area contributed by atoms with Gasteiger partial charge in [-0.3, -0.25) is 4.57 Å². The molecule has 7 nitrogen and oxygen atoms in total. The van der Waals surface area contributed by atoms with Gasteiger partial charge in [-0.15, -0.1) is 0 Å². The summed E-state index contributed by atoms with van der Waals surface area (Å²) in [6.07, 6.45) is 3.37. The molecule has 3 rings (SSSR count). The molecular formula is C26H33N3O4. The van der Waals surface area contributed by atoms with E-state index in [9.17, 15) is 14.7 Å². The molecule has 1 N–H and O–H groups in total. The lowest BCUT2D eigenvalue weighted by atomic mass is 10.1. The molecule has 0 fully saturated rings. The maximum absolute atomic E-state index is 12.8. The Bertz CT molecular complexity index is 1130. The molecule has 0 unspecified atom stereocenters. The van der Waals surface area contributed by atoms with Crippen LogP contribution in [0, 0.1) is 0 Å². The molecule has 3 aromatic rings. The Labute approximate surface area is 194 Å². The van der Waals surface area contributed by atoms with Crippen molar-refractivity contribution in [1.82, 2.24) is 14.3 Å². The molecule has 2 aromatic carbocycles. The molecule has 7 heteroatoms. The molecule has 0 atom stereocenters. The summed E-state index contributed by atoms with van der Waals surface area (Å²) in [5.74, 6) is 0.318. The fraction of sp³-hybridized carbons (Fsp3) is 0.423. The van der Waals surface area contributed by atoms with Gasteiger partial charge in [0.1, 0.15) is 11.6 Å². The Hall–Kier alpha value is -3.35. The first kappa shape index (κ1) is 24.3. The smallest absolute Gasteiger partial charge is 0.347 e. The van der Waals surface area contributed by atoms with E-state index in [2.05, 4.69) is 36.3 Å². The van der Waals surface area contributed by atoms with Gasteiger partial charge in [-0.1, -0.05) is 43.3 Å². The van der Waals surface area contributed by atoms with E-state index in [1.54, 1.807) is 21.4 Å². The number of nitrogens with zero attached hydrogens (tertiary/aromatic N) is 3. The van der Waals surface area contributed by atoms with Gasteiger partial charge in [-0.25, -0.2) is 14.3 Å². The Morgan fingerprint density at radius 1 is 0.970 bits per heavy atom. The van der Waals surface area contributed by atoms with Crippen molar-refractivity contribution in [2.75, 3.05) is 0 Å². The van der Waals surface area contributed by atoms with E-state index in [0.717, 1.165) is 36.2 Å². The third kappa shape index (κ3) is 6.12. The maximum atomic E-state index is 12.8. The second-order valence-electron chi connectivity index (χ2n) is 8.69. The minimum Gasteiger partial charge on any atom is -0.478 e. The molecule has 0 radical (unpaired) electrons. The second kappa shape index (κ2) is 10.5. The molecule has 0 bridgehead atoms. The summed E-state index contributed by atoms with van der Waals surface area (Å²) in [5.41, 5.74) is 2.11. The van der Waals surface area contributed by atoms with Gasteiger partial charge in [-0.2, -0.15) is 5.10 Å². The SMILES string of the molecule is CCc1ccc(Cn2nc(CCCc3ccc(OC(C)(C)C(=O)O)cc3)n(CC)c2=O)cc1. The first-order chi connectivity index (χ1) is 15.7. The second-order valence-corrected chi connectivity index (χ2v) is 8.69. The summed E-state index contributed by atoms with van der Waals surface area (Å²) in [5, 5.41) is 13.8. The minimum atomic E-state index is -1.28. The number of rotatable bonds is 11. The van der Waals surface area contributed by atoms with Crippen molar-refractivity contribution in [1.29, 1.82) is 0 Å². The number of hydrogen-bond donors (Lipinski definition) is 1. The van der Waals surface area contributed by atoms with Crippen LogP contribution in [-0.2, 0) is 37.1 Å².